The normalized spacial score (nSPS) is 10.9. The van der Waals surface area contributed by atoms with Crippen molar-refractivity contribution < 1.29 is 20.4 Å². The molecule has 0 heterocycles. The number of aliphatic hydroxyl groups is 4. The molecule has 4 nitrogen and oxygen atoms in total. The van der Waals surface area contributed by atoms with Gasteiger partial charge in [-0.05, 0) is 0 Å². The fraction of sp³-hybridized carbons (Fsp3) is 0.250. The topological polar surface area (TPSA) is 80.9 Å². The summed E-state index contributed by atoms with van der Waals surface area (Å²) in [5, 5.41) is 38.0. The molecule has 0 saturated carbocycles. The molecule has 2 aromatic rings. The van der Waals surface area contributed by atoms with Gasteiger partial charge in [0.25, 0.3) is 0 Å². The van der Waals surface area contributed by atoms with Gasteiger partial charge in [0.15, 0.2) is 0 Å². The maximum atomic E-state index is 9.49. The van der Waals surface area contributed by atoms with E-state index in [0.717, 1.165) is 31.2 Å². The Balaban J connectivity index is 2.31. The molecule has 0 aliphatic rings. The molecule has 0 unspecified atom stereocenters. The average Bonchev–Trinajstić information content (AvgIpc) is 2.58. The van der Waals surface area contributed by atoms with Crippen molar-refractivity contribution in [3.63, 3.8) is 0 Å². The van der Waals surface area contributed by atoms with Crippen LogP contribution in [-0.4, -0.2) is 46.7 Å². The summed E-state index contributed by atoms with van der Waals surface area (Å²) in [7, 11) is 0. The van der Waals surface area contributed by atoms with Crippen LogP contribution in [0, 0.1) is 0 Å². The van der Waals surface area contributed by atoms with Crippen LogP contribution in [0.15, 0.2) is 36.4 Å². The quantitative estimate of drug-likeness (QED) is 0.421. The molecule has 0 atom stereocenters. The molecule has 6 heteroatoms. The fourth-order valence-electron chi connectivity index (χ4n) is 2.07. The summed E-state index contributed by atoms with van der Waals surface area (Å²) in [4.78, 5) is 0. The third kappa shape index (κ3) is 3.99. The van der Waals surface area contributed by atoms with Gasteiger partial charge in [0.1, 0.15) is 0 Å². The monoisotopic (exact) mass is 434 g/mol. The van der Waals surface area contributed by atoms with E-state index in [-0.39, 0.29) is 52.7 Å². The second-order valence-corrected chi connectivity index (χ2v) is 10.7. The Labute approximate surface area is 140 Å². The first kappa shape index (κ1) is 17.7. The Kier molecular flexibility index (Phi) is 7.09. The Morgan fingerprint density at radius 3 is 1.05 bits per heavy atom. The molecule has 0 spiro atoms. The van der Waals surface area contributed by atoms with E-state index in [0.29, 0.717) is 0 Å². The molecular weight excluding hydrogens is 414 g/mol. The predicted octanol–water partition coefficient (Wildman–Crippen LogP) is -1.07. The molecule has 2 aromatic carbocycles. The third-order valence-electron chi connectivity index (χ3n) is 3.25. The van der Waals surface area contributed by atoms with Gasteiger partial charge >= 0.3 is 141 Å². The van der Waals surface area contributed by atoms with Gasteiger partial charge in [-0.3, -0.25) is 0 Å². The second-order valence-electron chi connectivity index (χ2n) is 4.61. The first-order valence-corrected chi connectivity index (χ1v) is 12.8. The average molecular weight is 432 g/mol. The Morgan fingerprint density at radius 1 is 0.545 bits per heavy atom. The molecule has 118 valence electrons. The molecule has 0 aliphatic carbocycles. The first-order chi connectivity index (χ1) is 10.7. The van der Waals surface area contributed by atoms with E-state index in [1.807, 2.05) is 36.4 Å². The Morgan fingerprint density at radius 2 is 0.818 bits per heavy atom. The molecule has 0 amide bonds. The number of aliphatic hydroxyl groups excluding tert-OH is 4. The molecule has 0 fully saturated rings. The minimum atomic E-state index is -0.0461. The van der Waals surface area contributed by atoms with Crippen molar-refractivity contribution in [2.75, 3.05) is 0 Å². The standard InChI is InChI=1S/C16H18O4Se2/c17-7-11-3-1-4-12(8-18)15(11)21-22-16-13(9-19)5-2-6-14(16)10-20/h1-6,17-20H,7-10H2. The van der Waals surface area contributed by atoms with Gasteiger partial charge in [-0.15, -0.1) is 0 Å². The van der Waals surface area contributed by atoms with Crippen molar-refractivity contribution >= 4 is 35.2 Å². The van der Waals surface area contributed by atoms with E-state index in [2.05, 4.69) is 0 Å². The van der Waals surface area contributed by atoms with Crippen molar-refractivity contribution in [3.8, 4) is 0 Å². The summed E-state index contributed by atoms with van der Waals surface area (Å²) in [6, 6.07) is 11.2. The molecule has 22 heavy (non-hydrogen) atoms. The van der Waals surface area contributed by atoms with Gasteiger partial charge in [0.05, 0.1) is 0 Å². The molecule has 0 saturated heterocycles. The van der Waals surface area contributed by atoms with Crippen LogP contribution < -0.4 is 8.92 Å². The van der Waals surface area contributed by atoms with Gasteiger partial charge in [0.2, 0.25) is 0 Å². The zero-order valence-electron chi connectivity index (χ0n) is 11.9. The first-order valence-electron chi connectivity index (χ1n) is 6.74. The maximum absolute atomic E-state index is 9.49. The van der Waals surface area contributed by atoms with Gasteiger partial charge < -0.3 is 0 Å². The third-order valence-corrected chi connectivity index (χ3v) is 10.9. The van der Waals surface area contributed by atoms with E-state index in [1.54, 1.807) is 0 Å². The van der Waals surface area contributed by atoms with E-state index in [4.69, 9.17) is 0 Å². The van der Waals surface area contributed by atoms with E-state index in [1.165, 1.54) is 0 Å². The van der Waals surface area contributed by atoms with Crippen LogP contribution in [0.5, 0.6) is 0 Å². The second kappa shape index (κ2) is 8.82. The van der Waals surface area contributed by atoms with E-state index < -0.39 is 0 Å². The molecule has 0 bridgehead atoms. The summed E-state index contributed by atoms with van der Waals surface area (Å²) in [5.74, 6) is 0. The summed E-state index contributed by atoms with van der Waals surface area (Å²) in [6.45, 7) is -0.184. The predicted molar refractivity (Wildman–Crippen MR) is 87.4 cm³/mol. The zero-order chi connectivity index (χ0) is 15.9. The van der Waals surface area contributed by atoms with Crippen molar-refractivity contribution in [1.82, 2.24) is 0 Å². The summed E-state index contributed by atoms with van der Waals surface area (Å²) < 4.78 is 2.05. The van der Waals surface area contributed by atoms with Crippen molar-refractivity contribution in [3.05, 3.63) is 58.7 Å². The fourth-order valence-corrected chi connectivity index (χ4v) is 10.9. The van der Waals surface area contributed by atoms with Crippen molar-refractivity contribution in [2.45, 2.75) is 26.4 Å². The number of hydrogen-bond acceptors (Lipinski definition) is 4. The van der Waals surface area contributed by atoms with Crippen LogP contribution in [0.3, 0.4) is 0 Å². The zero-order valence-corrected chi connectivity index (χ0v) is 15.3. The van der Waals surface area contributed by atoms with E-state index in [9.17, 15) is 20.4 Å². The minimum absolute atomic E-state index is 0.0461. The Bertz CT molecular complexity index is 532. The SMILES string of the molecule is OCc1cccc(CO)c1[Se][Se]c1c(CO)cccc1CO. The molecule has 4 N–H and O–H groups in total. The van der Waals surface area contributed by atoms with Crippen LogP contribution in [0.25, 0.3) is 0 Å². The van der Waals surface area contributed by atoms with Crippen LogP contribution in [0.2, 0.25) is 0 Å². The van der Waals surface area contributed by atoms with E-state index >= 15 is 0 Å². The molecule has 0 radical (unpaired) electrons. The van der Waals surface area contributed by atoms with Crippen molar-refractivity contribution in [1.29, 1.82) is 0 Å². The summed E-state index contributed by atoms with van der Waals surface area (Å²) >= 11 is 0.110. The van der Waals surface area contributed by atoms with Crippen LogP contribution in [0.1, 0.15) is 22.3 Å². The number of rotatable bonds is 7. The van der Waals surface area contributed by atoms with Crippen LogP contribution >= 0.6 is 0 Å². The van der Waals surface area contributed by atoms with Crippen LogP contribution in [0.4, 0.5) is 0 Å². The van der Waals surface area contributed by atoms with Gasteiger partial charge in [-0.2, -0.15) is 0 Å². The van der Waals surface area contributed by atoms with Gasteiger partial charge in [0, 0.05) is 0 Å². The summed E-state index contributed by atoms with van der Waals surface area (Å²) in [6.07, 6.45) is 0. The number of benzene rings is 2. The molecule has 2 rings (SSSR count). The van der Waals surface area contributed by atoms with Gasteiger partial charge in [-0.25, -0.2) is 0 Å². The summed E-state index contributed by atoms with van der Waals surface area (Å²) in [5.41, 5.74) is 3.39. The molecular formula is C16H18O4Se2. The Hall–Kier alpha value is -0.681. The number of hydrogen-bond donors (Lipinski definition) is 4. The van der Waals surface area contributed by atoms with Gasteiger partial charge in [-0.1, -0.05) is 0 Å². The van der Waals surface area contributed by atoms with Crippen molar-refractivity contribution in [2.24, 2.45) is 0 Å². The molecule has 0 aromatic heterocycles. The van der Waals surface area contributed by atoms with Crippen LogP contribution in [-0.2, 0) is 26.4 Å². The molecule has 0 aliphatic heterocycles.